The molecule has 5 nitrogen and oxygen atoms in total. The molecule has 1 aromatic heterocycles. The summed E-state index contributed by atoms with van der Waals surface area (Å²) in [5, 5.41) is 9.17. The van der Waals surface area contributed by atoms with Crippen molar-refractivity contribution < 1.29 is 18.7 Å². The lowest BCUT2D eigenvalue weighted by Gasteiger charge is -2.16. The van der Waals surface area contributed by atoms with E-state index in [9.17, 15) is 13.6 Å². The fraction of sp³-hybridized carbons (Fsp3) is 0.385. The Morgan fingerprint density at radius 2 is 2.00 bits per heavy atom. The topological polar surface area (TPSA) is 58.4 Å². The van der Waals surface area contributed by atoms with Gasteiger partial charge in [-0.2, -0.15) is 0 Å². The molecule has 0 amide bonds. The zero-order chi connectivity index (χ0) is 15.0. The summed E-state index contributed by atoms with van der Waals surface area (Å²) in [6.45, 7) is 1.85. The highest BCUT2D eigenvalue weighted by Crippen LogP contribution is 2.24. The number of benzene rings is 1. The molecule has 0 bridgehead atoms. The molecule has 1 unspecified atom stereocenters. The van der Waals surface area contributed by atoms with Gasteiger partial charge in [-0.15, -0.1) is 0 Å². The predicted molar refractivity (Wildman–Crippen MR) is 69.4 cm³/mol. The van der Waals surface area contributed by atoms with Crippen LogP contribution in [-0.2, 0) is 11.3 Å². The second-order valence-corrected chi connectivity index (χ2v) is 4.91. The highest BCUT2D eigenvalue weighted by atomic mass is 19.2. The molecule has 2 aromatic rings. The van der Waals surface area contributed by atoms with Gasteiger partial charge in [0.05, 0.1) is 17.6 Å². The van der Waals surface area contributed by atoms with Crippen LogP contribution in [-0.4, -0.2) is 39.6 Å². The number of rotatable bonds is 4. The van der Waals surface area contributed by atoms with Gasteiger partial charge in [0.2, 0.25) is 0 Å². The molecule has 0 saturated heterocycles. The van der Waals surface area contributed by atoms with Gasteiger partial charge in [0.25, 0.3) is 0 Å². The molecule has 7 heteroatoms. The van der Waals surface area contributed by atoms with Crippen molar-refractivity contribution in [2.24, 2.45) is 0 Å². The van der Waals surface area contributed by atoms with E-state index in [1.165, 1.54) is 11.5 Å². The van der Waals surface area contributed by atoms with Gasteiger partial charge < -0.3 is 14.6 Å². The van der Waals surface area contributed by atoms with E-state index in [4.69, 9.17) is 5.11 Å². The number of imidazole rings is 1. The zero-order valence-corrected chi connectivity index (χ0v) is 11.4. The van der Waals surface area contributed by atoms with Gasteiger partial charge in [0.15, 0.2) is 11.6 Å². The molecular weight excluding hydrogens is 268 g/mol. The Kier molecular flexibility index (Phi) is 3.71. The van der Waals surface area contributed by atoms with Crippen LogP contribution in [0.5, 0.6) is 0 Å². The third-order valence-corrected chi connectivity index (χ3v) is 3.01. The van der Waals surface area contributed by atoms with Crippen LogP contribution in [0.1, 0.15) is 18.8 Å². The molecule has 0 aliphatic heterocycles. The molecule has 0 saturated carbocycles. The van der Waals surface area contributed by atoms with Crippen molar-refractivity contribution in [1.29, 1.82) is 0 Å². The average molecular weight is 283 g/mol. The van der Waals surface area contributed by atoms with E-state index in [2.05, 4.69) is 4.98 Å². The first kappa shape index (κ1) is 14.4. The van der Waals surface area contributed by atoms with Crippen LogP contribution in [0.3, 0.4) is 0 Å². The number of carbonyl (C=O) groups is 1. The largest absolute Gasteiger partial charge is 0.480 e. The second kappa shape index (κ2) is 5.16. The predicted octanol–water partition coefficient (Wildman–Crippen LogP) is 2.02. The summed E-state index contributed by atoms with van der Waals surface area (Å²) in [4.78, 5) is 17.2. The van der Waals surface area contributed by atoms with Crippen LogP contribution in [0.25, 0.3) is 11.0 Å². The molecule has 0 aliphatic rings. The third kappa shape index (κ3) is 2.49. The first-order chi connectivity index (χ1) is 9.31. The Labute approximate surface area is 114 Å². The smallest absolute Gasteiger partial charge is 0.326 e. The lowest BCUT2D eigenvalue weighted by molar-refractivity contribution is -0.140. The van der Waals surface area contributed by atoms with E-state index in [0.717, 1.165) is 12.1 Å². The van der Waals surface area contributed by atoms with Crippen molar-refractivity contribution >= 4 is 17.0 Å². The molecular formula is C13H15F2N3O2. The van der Waals surface area contributed by atoms with Crippen LogP contribution in [0.15, 0.2) is 12.1 Å². The number of aromatic nitrogens is 2. The van der Waals surface area contributed by atoms with Crippen LogP contribution in [0, 0.1) is 11.6 Å². The van der Waals surface area contributed by atoms with Crippen LogP contribution < -0.4 is 0 Å². The minimum absolute atomic E-state index is 0.244. The van der Waals surface area contributed by atoms with Gasteiger partial charge in [0, 0.05) is 12.1 Å². The molecule has 0 fully saturated rings. The van der Waals surface area contributed by atoms with Crippen molar-refractivity contribution in [3.8, 4) is 0 Å². The molecule has 20 heavy (non-hydrogen) atoms. The quantitative estimate of drug-likeness (QED) is 0.932. The summed E-state index contributed by atoms with van der Waals surface area (Å²) in [6, 6.07) is 1.05. The minimum Gasteiger partial charge on any atom is -0.480 e. The zero-order valence-electron chi connectivity index (χ0n) is 11.4. The number of halogens is 2. The van der Waals surface area contributed by atoms with Gasteiger partial charge in [-0.25, -0.2) is 18.6 Å². The Morgan fingerprint density at radius 3 is 2.55 bits per heavy atom. The molecule has 108 valence electrons. The highest BCUT2D eigenvalue weighted by molar-refractivity contribution is 5.80. The number of fused-ring (bicyclic) bond motifs is 1. The van der Waals surface area contributed by atoms with Crippen LogP contribution in [0.4, 0.5) is 8.78 Å². The third-order valence-electron chi connectivity index (χ3n) is 3.01. The van der Waals surface area contributed by atoms with Gasteiger partial charge in [-0.05, 0) is 21.0 Å². The van der Waals surface area contributed by atoms with E-state index in [-0.39, 0.29) is 11.0 Å². The summed E-state index contributed by atoms with van der Waals surface area (Å²) >= 11 is 0. The number of carboxylic acid groups (broad SMARTS) is 1. The normalized spacial score (nSPS) is 13.1. The summed E-state index contributed by atoms with van der Waals surface area (Å²) < 4.78 is 28.1. The van der Waals surface area contributed by atoms with Crippen LogP contribution >= 0.6 is 0 Å². The molecule has 2 rings (SSSR count). The maximum absolute atomic E-state index is 13.4. The Morgan fingerprint density at radius 1 is 1.40 bits per heavy atom. The standard InChI is InChI=1S/C13H15F2N3O2/c1-7(13(19)20)18-11-5-9(15)8(14)4-10(11)16-12(18)6-17(2)3/h4-5,7H,6H2,1-3H3,(H,19,20). The van der Waals surface area contributed by atoms with Gasteiger partial charge in [-0.3, -0.25) is 0 Å². The number of hydrogen-bond donors (Lipinski definition) is 1. The minimum atomic E-state index is -1.06. The first-order valence-electron chi connectivity index (χ1n) is 6.04. The van der Waals surface area contributed by atoms with E-state index in [1.54, 1.807) is 19.0 Å². The Hall–Kier alpha value is -2.02. The molecule has 1 heterocycles. The van der Waals surface area contributed by atoms with Gasteiger partial charge in [0.1, 0.15) is 11.9 Å². The average Bonchev–Trinajstić information content (AvgIpc) is 2.65. The van der Waals surface area contributed by atoms with Crippen molar-refractivity contribution in [2.45, 2.75) is 19.5 Å². The molecule has 0 aliphatic carbocycles. The van der Waals surface area contributed by atoms with Crippen molar-refractivity contribution in [3.05, 3.63) is 29.6 Å². The second-order valence-electron chi connectivity index (χ2n) is 4.91. The van der Waals surface area contributed by atoms with Crippen LogP contribution in [0.2, 0.25) is 0 Å². The van der Waals surface area contributed by atoms with Crippen molar-refractivity contribution in [1.82, 2.24) is 14.5 Å². The number of aliphatic carboxylic acids is 1. The number of hydrogen-bond acceptors (Lipinski definition) is 3. The van der Waals surface area contributed by atoms with E-state index in [0.29, 0.717) is 12.4 Å². The van der Waals surface area contributed by atoms with Gasteiger partial charge in [-0.1, -0.05) is 0 Å². The number of carboxylic acids is 1. The van der Waals surface area contributed by atoms with E-state index in [1.807, 2.05) is 0 Å². The summed E-state index contributed by atoms with van der Waals surface area (Å²) in [6.07, 6.45) is 0. The van der Waals surface area contributed by atoms with E-state index >= 15 is 0 Å². The highest BCUT2D eigenvalue weighted by Gasteiger charge is 2.22. The molecule has 1 aromatic carbocycles. The summed E-state index contributed by atoms with van der Waals surface area (Å²) in [5.41, 5.74) is 0.518. The van der Waals surface area contributed by atoms with E-state index < -0.39 is 23.6 Å². The molecule has 0 radical (unpaired) electrons. The summed E-state index contributed by atoms with van der Waals surface area (Å²) in [5.74, 6) is -2.63. The Balaban J connectivity index is 2.70. The first-order valence-corrected chi connectivity index (χ1v) is 6.04. The maximum Gasteiger partial charge on any atom is 0.326 e. The lowest BCUT2D eigenvalue weighted by atomic mass is 10.2. The molecule has 0 spiro atoms. The van der Waals surface area contributed by atoms with Crippen molar-refractivity contribution in [2.75, 3.05) is 14.1 Å². The summed E-state index contributed by atoms with van der Waals surface area (Å²) in [7, 11) is 3.60. The molecule has 1 N–H and O–H groups in total. The Bertz CT molecular complexity index is 667. The monoisotopic (exact) mass is 283 g/mol. The number of nitrogens with zero attached hydrogens (tertiary/aromatic N) is 3. The van der Waals surface area contributed by atoms with Crippen molar-refractivity contribution in [3.63, 3.8) is 0 Å². The fourth-order valence-electron chi connectivity index (χ4n) is 2.08. The molecule has 1 atom stereocenters. The SMILES string of the molecule is CC(C(=O)O)n1c(CN(C)C)nc2cc(F)c(F)cc21. The fourth-order valence-corrected chi connectivity index (χ4v) is 2.08. The maximum atomic E-state index is 13.4. The van der Waals surface area contributed by atoms with Gasteiger partial charge >= 0.3 is 5.97 Å². The lowest BCUT2D eigenvalue weighted by Crippen LogP contribution is -2.21.